The van der Waals surface area contributed by atoms with Crippen LogP contribution in [0.3, 0.4) is 0 Å². The molecule has 5 nitrogen and oxygen atoms in total. The van der Waals surface area contributed by atoms with E-state index in [0.717, 1.165) is 16.7 Å². The highest BCUT2D eigenvalue weighted by Crippen LogP contribution is 2.25. The molecule has 0 unspecified atom stereocenters. The predicted molar refractivity (Wildman–Crippen MR) is 96.1 cm³/mol. The summed E-state index contributed by atoms with van der Waals surface area (Å²) in [6, 6.07) is 11.1. The fourth-order valence-corrected chi connectivity index (χ4v) is 2.33. The number of hydrogen-bond donors (Lipinski definition) is 0. The standard InChI is InChI=1S/C20H22O5/c1-14-5-9-18(23-3)16(11-14)13-25-20(21)10-7-15-6-8-17(22-2)12-19(15)24-4/h5-12H,13H2,1-4H3/b10-7+. The van der Waals surface area contributed by atoms with Crippen molar-refractivity contribution in [2.24, 2.45) is 0 Å². The van der Waals surface area contributed by atoms with Crippen LogP contribution in [-0.4, -0.2) is 27.3 Å². The summed E-state index contributed by atoms with van der Waals surface area (Å²) in [6.07, 6.45) is 3.01. The van der Waals surface area contributed by atoms with E-state index in [2.05, 4.69) is 0 Å². The minimum absolute atomic E-state index is 0.147. The second-order valence-electron chi connectivity index (χ2n) is 5.36. The van der Waals surface area contributed by atoms with Gasteiger partial charge in [-0.1, -0.05) is 11.6 Å². The van der Waals surface area contributed by atoms with E-state index in [9.17, 15) is 4.79 Å². The van der Waals surface area contributed by atoms with Gasteiger partial charge >= 0.3 is 5.97 Å². The highest BCUT2D eigenvalue weighted by molar-refractivity contribution is 5.87. The van der Waals surface area contributed by atoms with Gasteiger partial charge in [-0.05, 0) is 37.3 Å². The minimum atomic E-state index is -0.443. The number of methoxy groups -OCH3 is 3. The molecule has 0 aliphatic carbocycles. The Bertz CT molecular complexity index is 765. The first-order valence-corrected chi connectivity index (χ1v) is 7.77. The van der Waals surface area contributed by atoms with Gasteiger partial charge in [-0.15, -0.1) is 0 Å². The molecule has 0 aliphatic heterocycles. The molecule has 5 heteroatoms. The van der Waals surface area contributed by atoms with E-state index in [1.165, 1.54) is 6.08 Å². The van der Waals surface area contributed by atoms with Gasteiger partial charge in [0.25, 0.3) is 0 Å². The molecule has 2 aromatic rings. The first kappa shape index (κ1) is 18.4. The van der Waals surface area contributed by atoms with Crippen molar-refractivity contribution >= 4 is 12.0 Å². The number of ether oxygens (including phenoxy) is 4. The van der Waals surface area contributed by atoms with Crippen LogP contribution in [0.2, 0.25) is 0 Å². The lowest BCUT2D eigenvalue weighted by Crippen LogP contribution is -2.02. The second kappa shape index (κ2) is 8.78. The fraction of sp³-hybridized carbons (Fsp3) is 0.250. The van der Waals surface area contributed by atoms with Crippen LogP contribution in [-0.2, 0) is 16.1 Å². The zero-order valence-electron chi connectivity index (χ0n) is 14.9. The Hall–Kier alpha value is -2.95. The molecule has 0 radical (unpaired) electrons. The summed E-state index contributed by atoms with van der Waals surface area (Å²) in [5.74, 6) is 1.55. The Labute approximate surface area is 147 Å². The Morgan fingerprint density at radius 1 is 0.960 bits per heavy atom. The zero-order chi connectivity index (χ0) is 18.2. The second-order valence-corrected chi connectivity index (χ2v) is 5.36. The molecule has 0 bridgehead atoms. The van der Waals surface area contributed by atoms with Crippen molar-refractivity contribution in [1.29, 1.82) is 0 Å². The van der Waals surface area contributed by atoms with Crippen molar-refractivity contribution in [1.82, 2.24) is 0 Å². The highest BCUT2D eigenvalue weighted by Gasteiger charge is 2.07. The summed E-state index contributed by atoms with van der Waals surface area (Å²) in [7, 11) is 4.74. The summed E-state index contributed by atoms with van der Waals surface area (Å²) >= 11 is 0. The van der Waals surface area contributed by atoms with Gasteiger partial charge in [0.1, 0.15) is 23.9 Å². The Morgan fingerprint density at radius 2 is 1.72 bits per heavy atom. The molecule has 0 aliphatic rings. The first-order valence-electron chi connectivity index (χ1n) is 7.77. The first-order chi connectivity index (χ1) is 12.1. The van der Waals surface area contributed by atoms with Crippen molar-refractivity contribution in [2.75, 3.05) is 21.3 Å². The summed E-state index contributed by atoms with van der Waals surface area (Å²) in [5, 5.41) is 0. The molecule has 2 aromatic carbocycles. The minimum Gasteiger partial charge on any atom is -0.497 e. The van der Waals surface area contributed by atoms with Gasteiger partial charge in [0.15, 0.2) is 0 Å². The van der Waals surface area contributed by atoms with Crippen molar-refractivity contribution in [3.8, 4) is 17.2 Å². The monoisotopic (exact) mass is 342 g/mol. The van der Waals surface area contributed by atoms with Gasteiger partial charge in [0, 0.05) is 23.3 Å². The molecule has 0 saturated heterocycles. The normalized spacial score (nSPS) is 10.6. The lowest BCUT2D eigenvalue weighted by atomic mass is 10.1. The maximum atomic E-state index is 12.0. The average molecular weight is 342 g/mol. The van der Waals surface area contributed by atoms with Gasteiger partial charge in [-0.3, -0.25) is 0 Å². The van der Waals surface area contributed by atoms with Gasteiger partial charge in [-0.25, -0.2) is 4.79 Å². The summed E-state index contributed by atoms with van der Waals surface area (Å²) in [6.45, 7) is 2.12. The number of rotatable bonds is 7. The van der Waals surface area contributed by atoms with E-state index in [0.29, 0.717) is 17.2 Å². The van der Waals surface area contributed by atoms with Crippen LogP contribution in [0.5, 0.6) is 17.2 Å². The quantitative estimate of drug-likeness (QED) is 0.566. The highest BCUT2D eigenvalue weighted by atomic mass is 16.5. The number of hydrogen-bond acceptors (Lipinski definition) is 5. The molecule has 0 amide bonds. The third-order valence-corrected chi connectivity index (χ3v) is 3.65. The van der Waals surface area contributed by atoms with Crippen LogP contribution in [0.4, 0.5) is 0 Å². The van der Waals surface area contributed by atoms with Gasteiger partial charge in [0.2, 0.25) is 0 Å². The molecule has 0 saturated carbocycles. The third-order valence-electron chi connectivity index (χ3n) is 3.65. The van der Waals surface area contributed by atoms with E-state index in [4.69, 9.17) is 18.9 Å². The Morgan fingerprint density at radius 3 is 2.40 bits per heavy atom. The summed E-state index contributed by atoms with van der Waals surface area (Å²) in [5.41, 5.74) is 2.66. The van der Waals surface area contributed by atoms with Crippen LogP contribution in [0.15, 0.2) is 42.5 Å². The molecule has 2 rings (SSSR count). The molecule has 0 aromatic heterocycles. The van der Waals surface area contributed by atoms with Crippen molar-refractivity contribution < 1.29 is 23.7 Å². The number of aryl methyl sites for hydroxylation is 1. The van der Waals surface area contributed by atoms with Crippen molar-refractivity contribution in [2.45, 2.75) is 13.5 Å². The largest absolute Gasteiger partial charge is 0.497 e. The van der Waals surface area contributed by atoms with E-state index in [-0.39, 0.29) is 6.61 Å². The van der Waals surface area contributed by atoms with Crippen LogP contribution in [0, 0.1) is 6.92 Å². The van der Waals surface area contributed by atoms with E-state index >= 15 is 0 Å². The predicted octanol–water partition coefficient (Wildman–Crippen LogP) is 3.78. The SMILES string of the molecule is COc1ccc(/C=C/C(=O)OCc2cc(C)ccc2OC)c(OC)c1. The zero-order valence-corrected chi connectivity index (χ0v) is 14.9. The van der Waals surface area contributed by atoms with Gasteiger partial charge in [0.05, 0.1) is 21.3 Å². The molecular weight excluding hydrogens is 320 g/mol. The van der Waals surface area contributed by atoms with Gasteiger partial charge in [-0.2, -0.15) is 0 Å². The van der Waals surface area contributed by atoms with Crippen molar-refractivity contribution in [3.05, 3.63) is 59.2 Å². The maximum Gasteiger partial charge on any atom is 0.331 e. The Balaban J connectivity index is 2.03. The lowest BCUT2D eigenvalue weighted by molar-refractivity contribution is -0.138. The number of carbonyl (C=O) groups is 1. The summed E-state index contributed by atoms with van der Waals surface area (Å²) in [4.78, 5) is 12.0. The third kappa shape index (κ3) is 5.01. The number of benzene rings is 2. The molecule has 0 atom stereocenters. The van der Waals surface area contributed by atoms with E-state index in [1.54, 1.807) is 39.5 Å². The fourth-order valence-electron chi connectivity index (χ4n) is 2.33. The van der Waals surface area contributed by atoms with Crippen LogP contribution >= 0.6 is 0 Å². The number of carbonyl (C=O) groups excluding carboxylic acids is 1. The van der Waals surface area contributed by atoms with Crippen LogP contribution in [0.1, 0.15) is 16.7 Å². The van der Waals surface area contributed by atoms with Crippen LogP contribution in [0.25, 0.3) is 6.08 Å². The topological polar surface area (TPSA) is 54.0 Å². The summed E-state index contributed by atoms with van der Waals surface area (Å²) < 4.78 is 21.0. The molecule has 0 N–H and O–H groups in total. The molecule has 0 fully saturated rings. The number of esters is 1. The molecule has 0 spiro atoms. The van der Waals surface area contributed by atoms with Crippen LogP contribution < -0.4 is 14.2 Å². The molecule has 0 heterocycles. The van der Waals surface area contributed by atoms with Gasteiger partial charge < -0.3 is 18.9 Å². The van der Waals surface area contributed by atoms with Crippen molar-refractivity contribution in [3.63, 3.8) is 0 Å². The molecule has 25 heavy (non-hydrogen) atoms. The molecule has 132 valence electrons. The smallest absolute Gasteiger partial charge is 0.331 e. The van der Waals surface area contributed by atoms with E-state index in [1.807, 2.05) is 31.2 Å². The maximum absolute atomic E-state index is 12.0. The van der Waals surface area contributed by atoms with E-state index < -0.39 is 5.97 Å². The molecular formula is C20H22O5. The lowest BCUT2D eigenvalue weighted by Gasteiger charge is -2.09. The average Bonchev–Trinajstić information content (AvgIpc) is 2.64. The Kier molecular flexibility index (Phi) is 6.46.